The molecule has 0 aliphatic carbocycles. The van der Waals surface area contributed by atoms with Crippen LogP contribution in [0, 0.1) is 0 Å². The normalized spacial score (nSPS) is 13.3. The van der Waals surface area contributed by atoms with Gasteiger partial charge >= 0.3 is 137 Å². The average Bonchev–Trinajstić information content (AvgIpc) is 2.57. The predicted molar refractivity (Wildman–Crippen MR) is 98.8 cm³/mol. The van der Waals surface area contributed by atoms with Crippen LogP contribution in [0.5, 0.6) is 0 Å². The van der Waals surface area contributed by atoms with Gasteiger partial charge in [-0.1, -0.05) is 0 Å². The maximum absolute atomic E-state index is 7.50. The van der Waals surface area contributed by atoms with E-state index in [1.165, 1.54) is 10.7 Å². The summed E-state index contributed by atoms with van der Waals surface area (Å²) in [4.78, 5) is 0. The van der Waals surface area contributed by atoms with Crippen molar-refractivity contribution in [3.63, 3.8) is 0 Å². The molecule has 0 aromatic heterocycles. The summed E-state index contributed by atoms with van der Waals surface area (Å²) in [6.07, 6.45) is 0. The molecule has 21 heavy (non-hydrogen) atoms. The third-order valence-electron chi connectivity index (χ3n) is 3.84. The van der Waals surface area contributed by atoms with Gasteiger partial charge < -0.3 is 0 Å². The van der Waals surface area contributed by atoms with E-state index in [-0.39, 0.29) is 0 Å². The average molecular weight is 465 g/mol. The Balaban J connectivity index is 2.36. The second kappa shape index (κ2) is 5.79. The van der Waals surface area contributed by atoms with Gasteiger partial charge in [-0.05, 0) is 0 Å². The van der Waals surface area contributed by atoms with Crippen LogP contribution in [-0.4, -0.2) is 13.6 Å². The molecular formula is C18H15BrClSn-. The van der Waals surface area contributed by atoms with Gasteiger partial charge in [0, 0.05) is 0 Å². The molecule has 0 aliphatic heterocycles. The summed E-state index contributed by atoms with van der Waals surface area (Å²) in [5.74, 6) is 0. The Bertz CT molecular complexity index is 624. The van der Waals surface area contributed by atoms with E-state index in [2.05, 4.69) is 85.5 Å². The summed E-state index contributed by atoms with van der Waals surface area (Å²) < 4.78 is 3.58. The molecular weight excluding hydrogens is 450 g/mol. The Morgan fingerprint density at radius 2 is 0.762 bits per heavy atom. The molecule has 0 amide bonds. The van der Waals surface area contributed by atoms with Crippen LogP contribution in [0.4, 0.5) is 0 Å². The zero-order valence-electron chi connectivity index (χ0n) is 11.4. The van der Waals surface area contributed by atoms with Gasteiger partial charge in [-0.3, -0.25) is 0 Å². The van der Waals surface area contributed by atoms with Crippen molar-refractivity contribution in [1.82, 2.24) is 0 Å². The molecule has 3 rings (SSSR count). The molecule has 0 nitrogen and oxygen atoms in total. The summed E-state index contributed by atoms with van der Waals surface area (Å²) >= 11 is -0.0805. The molecule has 0 aliphatic rings. The minimum atomic E-state index is -4.17. The van der Waals surface area contributed by atoms with Crippen LogP contribution in [0.15, 0.2) is 91.0 Å². The molecule has 0 unspecified atom stereocenters. The molecule has 0 atom stereocenters. The summed E-state index contributed by atoms with van der Waals surface area (Å²) in [6.45, 7) is 0. The van der Waals surface area contributed by atoms with Crippen LogP contribution in [0.25, 0.3) is 0 Å². The molecule has 0 radical (unpaired) electrons. The topological polar surface area (TPSA) is 0 Å². The summed E-state index contributed by atoms with van der Waals surface area (Å²) in [5, 5.41) is 0. The molecule has 106 valence electrons. The van der Waals surface area contributed by atoms with Gasteiger partial charge in [0.05, 0.1) is 0 Å². The molecule has 3 aromatic rings. The number of halogens is 2. The molecule has 3 aromatic carbocycles. The van der Waals surface area contributed by atoms with E-state index < -0.39 is 13.6 Å². The zero-order chi connectivity index (χ0) is 14.8. The second-order valence-corrected chi connectivity index (χ2v) is 34.6. The van der Waals surface area contributed by atoms with Gasteiger partial charge in [0.25, 0.3) is 0 Å². The Kier molecular flexibility index (Phi) is 4.17. The van der Waals surface area contributed by atoms with Gasteiger partial charge in [0.1, 0.15) is 0 Å². The number of rotatable bonds is 3. The van der Waals surface area contributed by atoms with Gasteiger partial charge in [-0.15, -0.1) is 0 Å². The fourth-order valence-corrected chi connectivity index (χ4v) is 20.1. The zero-order valence-corrected chi connectivity index (χ0v) is 16.6. The van der Waals surface area contributed by atoms with E-state index in [1.54, 1.807) is 0 Å². The van der Waals surface area contributed by atoms with Gasteiger partial charge in [0.2, 0.25) is 0 Å². The molecule has 3 heteroatoms. The van der Waals surface area contributed by atoms with Crippen molar-refractivity contribution in [3.8, 4) is 0 Å². The Hall–Kier alpha value is -0.771. The first-order chi connectivity index (χ1) is 10.1. The van der Waals surface area contributed by atoms with E-state index in [0.29, 0.717) is 0 Å². The fraction of sp³-hybridized carbons (Fsp3) is 0. The first kappa shape index (κ1) is 15.1. The molecule has 0 bridgehead atoms. The van der Waals surface area contributed by atoms with E-state index in [0.717, 1.165) is 0 Å². The van der Waals surface area contributed by atoms with Crippen molar-refractivity contribution < 1.29 is 0 Å². The van der Waals surface area contributed by atoms with Crippen LogP contribution < -0.4 is 10.7 Å². The van der Waals surface area contributed by atoms with Crippen LogP contribution in [-0.2, 0) is 0 Å². The SMILES string of the molecule is [Cl][Sn-]([Br])([c]1ccccc1)([c]1ccccc1)[c]1ccccc1. The van der Waals surface area contributed by atoms with Crippen molar-refractivity contribution in [3.05, 3.63) is 91.0 Å². The van der Waals surface area contributed by atoms with Crippen molar-refractivity contribution in [2.75, 3.05) is 0 Å². The summed E-state index contributed by atoms with van der Waals surface area (Å²) in [6, 6.07) is 31.2. The molecule has 0 saturated heterocycles. The number of hydrogen-bond donors (Lipinski definition) is 0. The minimum absolute atomic E-state index is 1.19. The van der Waals surface area contributed by atoms with Crippen LogP contribution in [0.1, 0.15) is 0 Å². The van der Waals surface area contributed by atoms with Crippen molar-refractivity contribution in [2.24, 2.45) is 0 Å². The summed E-state index contributed by atoms with van der Waals surface area (Å²) in [7, 11) is 7.50. The van der Waals surface area contributed by atoms with E-state index >= 15 is 0 Å². The monoisotopic (exact) mass is 465 g/mol. The molecule has 0 saturated carbocycles. The first-order valence-corrected chi connectivity index (χ1v) is 21.2. The molecule has 0 spiro atoms. The fourth-order valence-electron chi connectivity index (χ4n) is 2.69. The maximum atomic E-state index is 7.50. The molecule has 0 N–H and O–H groups in total. The quantitative estimate of drug-likeness (QED) is 0.518. The standard InChI is InChI=1S/3C6H5.BrH.ClH.Sn/c3*1-2-4-6-5-3-1;;;/h3*1-5H;2*1H;/q;;;;;+1/p-2. The van der Waals surface area contributed by atoms with Gasteiger partial charge in [-0.2, -0.15) is 0 Å². The second-order valence-electron chi connectivity index (χ2n) is 5.11. The van der Waals surface area contributed by atoms with Crippen LogP contribution in [0.2, 0.25) is 0 Å². The first-order valence-electron chi connectivity index (χ1n) is 6.86. The molecule has 0 fully saturated rings. The number of benzene rings is 3. The van der Waals surface area contributed by atoms with E-state index in [9.17, 15) is 0 Å². The number of hydrogen-bond acceptors (Lipinski definition) is 0. The van der Waals surface area contributed by atoms with E-state index in [4.69, 9.17) is 8.92 Å². The third-order valence-corrected chi connectivity index (χ3v) is 29.0. The Labute approximate surface area is 136 Å². The van der Waals surface area contributed by atoms with Gasteiger partial charge in [-0.25, -0.2) is 0 Å². The Morgan fingerprint density at radius 3 is 1.00 bits per heavy atom. The predicted octanol–water partition coefficient (Wildman–Crippen LogP) is 3.74. The van der Waals surface area contributed by atoms with Crippen molar-refractivity contribution in [1.29, 1.82) is 0 Å². The Morgan fingerprint density at radius 1 is 0.524 bits per heavy atom. The van der Waals surface area contributed by atoms with Crippen LogP contribution in [0.3, 0.4) is 0 Å². The van der Waals surface area contributed by atoms with Crippen LogP contribution >= 0.6 is 21.6 Å². The summed E-state index contributed by atoms with van der Waals surface area (Å²) in [5.41, 5.74) is 0. The molecule has 0 heterocycles. The third kappa shape index (κ3) is 2.56. The van der Waals surface area contributed by atoms with Gasteiger partial charge in [0.15, 0.2) is 0 Å². The van der Waals surface area contributed by atoms with Crippen molar-refractivity contribution in [2.45, 2.75) is 0 Å². The van der Waals surface area contributed by atoms with E-state index in [1.807, 2.05) is 18.2 Å². The van der Waals surface area contributed by atoms with Crippen molar-refractivity contribution >= 4 is 46.0 Å².